The van der Waals surface area contributed by atoms with E-state index in [9.17, 15) is 14.4 Å². The second-order valence-corrected chi connectivity index (χ2v) is 5.63. The van der Waals surface area contributed by atoms with Gasteiger partial charge < -0.3 is 23.7 Å². The van der Waals surface area contributed by atoms with Crippen LogP contribution in [-0.2, 0) is 29.4 Å². The van der Waals surface area contributed by atoms with E-state index in [1.807, 2.05) is 0 Å². The van der Waals surface area contributed by atoms with Crippen molar-refractivity contribution in [3.63, 3.8) is 0 Å². The molecule has 146 valence electrons. The average Bonchev–Trinajstić information content (AvgIpc) is 2.86. The van der Waals surface area contributed by atoms with Gasteiger partial charge in [0.2, 0.25) is 17.2 Å². The van der Waals surface area contributed by atoms with Gasteiger partial charge in [0.05, 0.1) is 20.8 Å². The Labute approximate surface area is 156 Å². The number of benzene rings is 1. The summed E-state index contributed by atoms with van der Waals surface area (Å²) in [5, 5.41) is 2.28. The molecule has 1 N–H and O–H groups in total. The average molecular weight is 379 g/mol. The highest BCUT2D eigenvalue weighted by atomic mass is 16.6. The van der Waals surface area contributed by atoms with Gasteiger partial charge in [0.1, 0.15) is 11.5 Å². The first-order valence-electron chi connectivity index (χ1n) is 8.09. The number of ether oxygens (including phenoxy) is 5. The van der Waals surface area contributed by atoms with E-state index in [1.54, 1.807) is 25.1 Å². The van der Waals surface area contributed by atoms with Crippen LogP contribution in [0.25, 0.3) is 0 Å². The first-order valence-corrected chi connectivity index (χ1v) is 8.09. The number of alkyl carbamates (subject to hydrolysis) is 1. The van der Waals surface area contributed by atoms with Crippen molar-refractivity contribution in [2.24, 2.45) is 0 Å². The number of hydrogen-bond donors (Lipinski definition) is 1. The molecule has 0 spiro atoms. The molecule has 2 rings (SSSR count). The van der Waals surface area contributed by atoms with Gasteiger partial charge in [0, 0.05) is 12.5 Å². The summed E-state index contributed by atoms with van der Waals surface area (Å²) < 4.78 is 26.0. The number of carbonyl (C=O) groups is 3. The van der Waals surface area contributed by atoms with E-state index < -0.39 is 29.2 Å². The van der Waals surface area contributed by atoms with Crippen LogP contribution in [-0.4, -0.2) is 38.7 Å². The summed E-state index contributed by atoms with van der Waals surface area (Å²) in [5.41, 5.74) is -1.29. The minimum Gasteiger partial charge on any atom is -0.497 e. The van der Waals surface area contributed by atoms with Gasteiger partial charge in [-0.3, -0.25) is 14.9 Å². The van der Waals surface area contributed by atoms with Crippen LogP contribution in [0.3, 0.4) is 0 Å². The molecule has 0 saturated heterocycles. The van der Waals surface area contributed by atoms with Crippen LogP contribution in [0.2, 0.25) is 0 Å². The number of methoxy groups -OCH3 is 2. The Morgan fingerprint density at radius 3 is 2.48 bits per heavy atom. The van der Waals surface area contributed by atoms with Crippen molar-refractivity contribution in [3.8, 4) is 11.5 Å². The number of nitrogens with one attached hydrogen (secondary N) is 1. The van der Waals surface area contributed by atoms with E-state index in [0.29, 0.717) is 17.1 Å². The highest BCUT2D eigenvalue weighted by Gasteiger charge is 2.51. The number of Topliss-reactive ketones (excluding diaryl/α,β-unsaturated/α-hetero) is 1. The van der Waals surface area contributed by atoms with Gasteiger partial charge in [-0.15, -0.1) is 0 Å². The molecule has 0 aliphatic carbocycles. The molecule has 0 saturated carbocycles. The third-order valence-electron chi connectivity index (χ3n) is 3.81. The normalized spacial score (nSPS) is 18.6. The maximum absolute atomic E-state index is 13.0. The molecule has 1 aromatic rings. The molecule has 1 aliphatic heterocycles. The van der Waals surface area contributed by atoms with Crippen LogP contribution in [0.5, 0.6) is 11.5 Å². The molecule has 0 bridgehead atoms. The van der Waals surface area contributed by atoms with E-state index in [1.165, 1.54) is 21.1 Å². The largest absolute Gasteiger partial charge is 0.497 e. The molecule has 1 amide bonds. The van der Waals surface area contributed by atoms with Crippen molar-refractivity contribution < 1.29 is 38.1 Å². The number of amides is 1. The van der Waals surface area contributed by atoms with Crippen molar-refractivity contribution in [2.45, 2.75) is 26.4 Å². The first-order chi connectivity index (χ1) is 12.8. The highest BCUT2D eigenvalue weighted by Crippen LogP contribution is 2.43. The van der Waals surface area contributed by atoms with E-state index in [4.69, 9.17) is 23.7 Å². The smallest absolute Gasteiger partial charge is 0.414 e. The SMILES string of the molecule is CCOC(=O)NC1=C(OC(C)=O)C(=O)C(C)(c2cc(OC)ccc2OC)O1. The second kappa shape index (κ2) is 7.98. The van der Waals surface area contributed by atoms with Crippen molar-refractivity contribution in [2.75, 3.05) is 20.8 Å². The Morgan fingerprint density at radius 2 is 1.93 bits per heavy atom. The molecule has 0 aromatic heterocycles. The number of hydrogen-bond acceptors (Lipinski definition) is 8. The number of ketones is 1. The van der Waals surface area contributed by atoms with Crippen molar-refractivity contribution in [1.82, 2.24) is 5.32 Å². The summed E-state index contributed by atoms with van der Waals surface area (Å²) in [4.78, 5) is 36.2. The van der Waals surface area contributed by atoms with Gasteiger partial charge in [-0.2, -0.15) is 0 Å². The Morgan fingerprint density at radius 1 is 1.22 bits per heavy atom. The quantitative estimate of drug-likeness (QED) is 0.748. The molecule has 1 aromatic carbocycles. The van der Waals surface area contributed by atoms with Crippen LogP contribution in [0.4, 0.5) is 4.79 Å². The molecule has 9 heteroatoms. The van der Waals surface area contributed by atoms with E-state index in [-0.39, 0.29) is 12.5 Å². The predicted molar refractivity (Wildman–Crippen MR) is 91.9 cm³/mol. The zero-order chi connectivity index (χ0) is 20.2. The summed E-state index contributed by atoms with van der Waals surface area (Å²) in [6.45, 7) is 4.32. The summed E-state index contributed by atoms with van der Waals surface area (Å²) in [7, 11) is 2.91. The minimum atomic E-state index is -1.63. The summed E-state index contributed by atoms with van der Waals surface area (Å²) in [6.07, 6.45) is -0.855. The molecule has 1 aliphatic rings. The summed E-state index contributed by atoms with van der Waals surface area (Å²) in [6, 6.07) is 4.83. The van der Waals surface area contributed by atoms with Crippen molar-refractivity contribution in [1.29, 1.82) is 0 Å². The Bertz CT molecular complexity index is 801. The molecule has 1 atom stereocenters. The van der Waals surface area contributed by atoms with E-state index in [2.05, 4.69) is 5.32 Å². The van der Waals surface area contributed by atoms with Gasteiger partial charge in [-0.1, -0.05) is 0 Å². The third-order valence-corrected chi connectivity index (χ3v) is 3.81. The van der Waals surface area contributed by atoms with Crippen molar-refractivity contribution in [3.05, 3.63) is 35.4 Å². The summed E-state index contributed by atoms with van der Waals surface area (Å²) in [5.74, 6) is -1.34. The second-order valence-electron chi connectivity index (χ2n) is 5.63. The standard InChI is InChI=1S/C18H21NO8/c1-6-25-17(22)19-16-14(26-10(2)20)15(21)18(3,27-16)12-9-11(23-4)7-8-13(12)24-5/h7-9H,6H2,1-5H3,(H,19,22). The number of esters is 1. The maximum Gasteiger partial charge on any atom is 0.414 e. The molecular formula is C18H21NO8. The fourth-order valence-electron chi connectivity index (χ4n) is 2.56. The molecule has 0 radical (unpaired) electrons. The fourth-order valence-corrected chi connectivity index (χ4v) is 2.56. The van der Waals surface area contributed by atoms with E-state index >= 15 is 0 Å². The number of rotatable bonds is 6. The topological polar surface area (TPSA) is 109 Å². The lowest BCUT2D eigenvalue weighted by atomic mass is 9.90. The van der Waals surface area contributed by atoms with Gasteiger partial charge in [-0.05, 0) is 32.0 Å². The van der Waals surface area contributed by atoms with Crippen LogP contribution >= 0.6 is 0 Å². The molecule has 1 heterocycles. The zero-order valence-corrected chi connectivity index (χ0v) is 15.7. The lowest BCUT2D eigenvalue weighted by Crippen LogP contribution is -2.33. The fraction of sp³-hybridized carbons (Fsp3) is 0.389. The lowest BCUT2D eigenvalue weighted by Gasteiger charge is -2.25. The molecule has 27 heavy (non-hydrogen) atoms. The van der Waals surface area contributed by atoms with Gasteiger partial charge in [0.25, 0.3) is 5.78 Å². The lowest BCUT2D eigenvalue weighted by molar-refractivity contribution is -0.142. The predicted octanol–water partition coefficient (Wildman–Crippen LogP) is 2.00. The van der Waals surface area contributed by atoms with Crippen molar-refractivity contribution >= 4 is 17.8 Å². The van der Waals surface area contributed by atoms with Crippen LogP contribution in [0, 0.1) is 0 Å². The van der Waals surface area contributed by atoms with E-state index in [0.717, 1.165) is 6.92 Å². The molecule has 0 fully saturated rings. The Kier molecular flexibility index (Phi) is 5.94. The van der Waals surface area contributed by atoms with Crippen LogP contribution < -0.4 is 14.8 Å². The Hall–Kier alpha value is -3.23. The first kappa shape index (κ1) is 20.1. The molecular weight excluding hydrogens is 358 g/mol. The zero-order valence-electron chi connectivity index (χ0n) is 15.7. The summed E-state index contributed by atoms with van der Waals surface area (Å²) >= 11 is 0. The van der Waals surface area contributed by atoms with Gasteiger partial charge in [0.15, 0.2) is 0 Å². The maximum atomic E-state index is 13.0. The van der Waals surface area contributed by atoms with Gasteiger partial charge in [-0.25, -0.2) is 4.79 Å². The Balaban J connectivity index is 2.49. The molecule has 9 nitrogen and oxygen atoms in total. The van der Waals surface area contributed by atoms with Crippen LogP contribution in [0.15, 0.2) is 29.8 Å². The van der Waals surface area contributed by atoms with Crippen LogP contribution in [0.1, 0.15) is 26.3 Å². The monoisotopic (exact) mass is 379 g/mol. The highest BCUT2D eigenvalue weighted by molar-refractivity contribution is 6.05. The third kappa shape index (κ3) is 3.97. The minimum absolute atomic E-state index is 0.108. The number of carbonyl (C=O) groups excluding carboxylic acids is 3. The van der Waals surface area contributed by atoms with Gasteiger partial charge >= 0.3 is 12.1 Å². The molecule has 1 unspecified atom stereocenters.